The molecule has 0 heterocycles. The summed E-state index contributed by atoms with van der Waals surface area (Å²) in [5, 5.41) is 0.312. The quantitative estimate of drug-likeness (QED) is 0.668. The van der Waals surface area contributed by atoms with Crippen molar-refractivity contribution in [3.05, 3.63) is 58.6 Å². The van der Waals surface area contributed by atoms with Crippen molar-refractivity contribution in [1.29, 1.82) is 0 Å². The molecule has 0 radical (unpaired) electrons. The van der Waals surface area contributed by atoms with Gasteiger partial charge in [0.05, 0.1) is 10.6 Å². The summed E-state index contributed by atoms with van der Waals surface area (Å²) in [6.45, 7) is 1.71. The Morgan fingerprint density at radius 3 is 2.23 bits per heavy atom. The van der Waals surface area contributed by atoms with Crippen molar-refractivity contribution in [1.82, 2.24) is 0 Å². The van der Waals surface area contributed by atoms with Crippen molar-refractivity contribution in [3.63, 3.8) is 0 Å². The number of carbonyl (C=O) groups excluding carboxylic acids is 1. The van der Waals surface area contributed by atoms with Crippen molar-refractivity contribution in [3.8, 4) is 11.5 Å². The van der Waals surface area contributed by atoms with Crippen LogP contribution in [-0.2, 0) is 6.18 Å². The molecule has 0 saturated heterocycles. The molecular formula is C16H12ClF3O2. The Balaban J connectivity index is 2.22. The first-order valence-corrected chi connectivity index (χ1v) is 6.87. The van der Waals surface area contributed by atoms with Gasteiger partial charge in [0.1, 0.15) is 11.5 Å². The van der Waals surface area contributed by atoms with Gasteiger partial charge in [-0.15, -0.1) is 0 Å². The normalized spacial score (nSPS) is 11.3. The first-order valence-electron chi connectivity index (χ1n) is 6.49. The number of carbonyl (C=O) groups is 1. The van der Waals surface area contributed by atoms with Crippen molar-refractivity contribution in [2.24, 2.45) is 0 Å². The molecule has 116 valence electrons. The van der Waals surface area contributed by atoms with Crippen LogP contribution in [0.1, 0.15) is 29.3 Å². The summed E-state index contributed by atoms with van der Waals surface area (Å²) < 4.78 is 42.9. The zero-order valence-electron chi connectivity index (χ0n) is 11.6. The average Bonchev–Trinajstić information content (AvgIpc) is 2.48. The summed E-state index contributed by atoms with van der Waals surface area (Å²) in [7, 11) is 0. The Morgan fingerprint density at radius 2 is 1.68 bits per heavy atom. The molecule has 0 amide bonds. The molecule has 0 fully saturated rings. The van der Waals surface area contributed by atoms with Crippen molar-refractivity contribution in [2.45, 2.75) is 19.5 Å². The standard InChI is InChI=1S/C16H12ClF3O2/c1-2-15(21)13-9-12(7-8-14(13)17)22-11-5-3-10(4-6-11)16(18,19)20/h3-9H,2H2,1H3. The van der Waals surface area contributed by atoms with Crippen LogP contribution in [0.2, 0.25) is 5.02 Å². The summed E-state index contributed by atoms with van der Waals surface area (Å²) in [5.41, 5.74) is -0.425. The molecule has 2 nitrogen and oxygen atoms in total. The fourth-order valence-electron chi connectivity index (χ4n) is 1.82. The number of rotatable bonds is 4. The number of halogens is 4. The molecule has 2 aromatic carbocycles. The van der Waals surface area contributed by atoms with Crippen LogP contribution in [0.4, 0.5) is 13.2 Å². The van der Waals surface area contributed by atoms with Gasteiger partial charge in [0.15, 0.2) is 5.78 Å². The van der Waals surface area contributed by atoms with Gasteiger partial charge in [-0.3, -0.25) is 4.79 Å². The number of ether oxygens (including phenoxy) is 1. The van der Waals surface area contributed by atoms with E-state index in [2.05, 4.69) is 0 Å². The number of alkyl halides is 3. The average molecular weight is 329 g/mol. The molecule has 0 bridgehead atoms. The SMILES string of the molecule is CCC(=O)c1cc(Oc2ccc(C(F)(F)F)cc2)ccc1Cl. The molecule has 0 aliphatic rings. The number of hydrogen-bond donors (Lipinski definition) is 0. The number of Topliss-reactive ketones (excluding diaryl/α,β-unsaturated/α-hetero) is 1. The lowest BCUT2D eigenvalue weighted by atomic mass is 10.1. The van der Waals surface area contributed by atoms with Crippen molar-refractivity contribution < 1.29 is 22.7 Å². The van der Waals surface area contributed by atoms with Crippen molar-refractivity contribution in [2.75, 3.05) is 0 Å². The molecule has 0 N–H and O–H groups in total. The molecule has 0 aromatic heterocycles. The molecule has 0 atom stereocenters. The van der Waals surface area contributed by atoms with E-state index in [1.165, 1.54) is 24.3 Å². The van der Waals surface area contributed by atoms with Crippen LogP contribution in [0, 0.1) is 0 Å². The largest absolute Gasteiger partial charge is 0.457 e. The molecule has 6 heteroatoms. The molecule has 2 rings (SSSR count). The Morgan fingerprint density at radius 1 is 1.09 bits per heavy atom. The van der Waals surface area contributed by atoms with Crippen LogP contribution in [0.3, 0.4) is 0 Å². The van der Waals surface area contributed by atoms with Crippen molar-refractivity contribution >= 4 is 17.4 Å². The van der Waals surface area contributed by atoms with Gasteiger partial charge in [-0.25, -0.2) is 0 Å². The lowest BCUT2D eigenvalue weighted by molar-refractivity contribution is -0.137. The molecule has 2 aromatic rings. The Bertz CT molecular complexity index is 679. The van der Waals surface area contributed by atoms with Gasteiger partial charge in [-0.05, 0) is 42.5 Å². The van der Waals surface area contributed by atoms with Gasteiger partial charge in [-0.2, -0.15) is 13.2 Å². The third-order valence-electron chi connectivity index (χ3n) is 2.98. The minimum absolute atomic E-state index is 0.136. The second kappa shape index (κ2) is 6.40. The lowest BCUT2D eigenvalue weighted by Gasteiger charge is -2.10. The van der Waals surface area contributed by atoms with Gasteiger partial charge in [0.2, 0.25) is 0 Å². The van der Waals surface area contributed by atoms with Crippen LogP contribution < -0.4 is 4.74 Å². The third-order valence-corrected chi connectivity index (χ3v) is 3.31. The Kier molecular flexibility index (Phi) is 4.76. The fraction of sp³-hybridized carbons (Fsp3) is 0.188. The molecular weight excluding hydrogens is 317 g/mol. The zero-order valence-corrected chi connectivity index (χ0v) is 12.3. The predicted octanol–water partition coefficient (Wildman–Crippen LogP) is 5.74. The maximum absolute atomic E-state index is 12.5. The van der Waals surface area contributed by atoms with Gasteiger partial charge >= 0.3 is 6.18 Å². The monoisotopic (exact) mass is 328 g/mol. The zero-order chi connectivity index (χ0) is 16.3. The fourth-order valence-corrected chi connectivity index (χ4v) is 2.04. The number of ketones is 1. The summed E-state index contributed by atoms with van der Waals surface area (Å²) >= 11 is 5.94. The van der Waals surface area contributed by atoms with Gasteiger partial charge in [0, 0.05) is 12.0 Å². The molecule has 0 aliphatic carbocycles. The second-order valence-corrected chi connectivity index (χ2v) is 4.95. The molecule has 0 unspecified atom stereocenters. The van der Waals surface area contributed by atoms with E-state index in [-0.39, 0.29) is 11.5 Å². The summed E-state index contributed by atoms with van der Waals surface area (Å²) in [4.78, 5) is 11.7. The highest BCUT2D eigenvalue weighted by molar-refractivity contribution is 6.34. The van der Waals surface area contributed by atoms with Gasteiger partial charge in [-0.1, -0.05) is 18.5 Å². The third kappa shape index (κ3) is 3.80. The van der Waals surface area contributed by atoms with Crippen LogP contribution in [0.25, 0.3) is 0 Å². The van der Waals surface area contributed by atoms with Crippen LogP contribution in [0.15, 0.2) is 42.5 Å². The molecule has 22 heavy (non-hydrogen) atoms. The summed E-state index contributed by atoms with van der Waals surface area (Å²) in [6, 6.07) is 8.85. The lowest BCUT2D eigenvalue weighted by Crippen LogP contribution is -2.04. The van der Waals surface area contributed by atoms with Crippen LogP contribution in [-0.4, -0.2) is 5.78 Å². The molecule has 0 spiro atoms. The van der Waals surface area contributed by atoms with E-state index < -0.39 is 11.7 Å². The van der Waals surface area contributed by atoms with Crippen LogP contribution in [0.5, 0.6) is 11.5 Å². The van der Waals surface area contributed by atoms with E-state index in [0.29, 0.717) is 22.8 Å². The highest BCUT2D eigenvalue weighted by Crippen LogP contribution is 2.32. The maximum Gasteiger partial charge on any atom is 0.416 e. The van der Waals surface area contributed by atoms with Crippen LogP contribution >= 0.6 is 11.6 Å². The molecule has 0 aliphatic heterocycles. The van der Waals surface area contributed by atoms with Gasteiger partial charge < -0.3 is 4.74 Å². The van der Waals surface area contributed by atoms with E-state index in [4.69, 9.17) is 16.3 Å². The van der Waals surface area contributed by atoms with Gasteiger partial charge in [0.25, 0.3) is 0 Å². The minimum atomic E-state index is -4.39. The Labute approximate surface area is 130 Å². The van der Waals surface area contributed by atoms with E-state index in [9.17, 15) is 18.0 Å². The molecule has 0 saturated carbocycles. The minimum Gasteiger partial charge on any atom is -0.457 e. The maximum atomic E-state index is 12.5. The smallest absolute Gasteiger partial charge is 0.416 e. The summed E-state index contributed by atoms with van der Waals surface area (Å²) in [5.74, 6) is 0.439. The first-order chi connectivity index (χ1) is 10.3. The highest BCUT2D eigenvalue weighted by Gasteiger charge is 2.30. The summed E-state index contributed by atoms with van der Waals surface area (Å²) in [6.07, 6.45) is -4.09. The van der Waals surface area contributed by atoms with E-state index in [0.717, 1.165) is 12.1 Å². The predicted molar refractivity (Wildman–Crippen MR) is 77.6 cm³/mol. The van der Waals surface area contributed by atoms with E-state index in [1.54, 1.807) is 13.0 Å². The second-order valence-electron chi connectivity index (χ2n) is 4.54. The topological polar surface area (TPSA) is 26.3 Å². The first kappa shape index (κ1) is 16.4. The van der Waals surface area contributed by atoms with E-state index >= 15 is 0 Å². The number of benzene rings is 2. The van der Waals surface area contributed by atoms with E-state index in [1.807, 2.05) is 0 Å². The Hall–Kier alpha value is -2.01. The highest BCUT2D eigenvalue weighted by atomic mass is 35.5. The number of hydrogen-bond acceptors (Lipinski definition) is 2.